The smallest absolute Gasteiger partial charge is 0.295 e. The summed E-state index contributed by atoms with van der Waals surface area (Å²) in [6.45, 7) is 0.316. The van der Waals surface area contributed by atoms with Gasteiger partial charge in [0.05, 0.1) is 11.6 Å². The molecular formula is C27H20BrClN2O3. The Labute approximate surface area is 209 Å². The van der Waals surface area contributed by atoms with Gasteiger partial charge in [-0.25, -0.2) is 0 Å². The van der Waals surface area contributed by atoms with E-state index >= 15 is 0 Å². The second-order valence-corrected chi connectivity index (χ2v) is 9.51. The van der Waals surface area contributed by atoms with Gasteiger partial charge in [0.25, 0.3) is 11.7 Å². The molecule has 1 saturated heterocycles. The predicted molar refractivity (Wildman–Crippen MR) is 137 cm³/mol. The molecule has 2 heterocycles. The number of aromatic amines is 1. The van der Waals surface area contributed by atoms with Crippen molar-refractivity contribution in [1.82, 2.24) is 9.88 Å². The molecule has 1 amide bonds. The topological polar surface area (TPSA) is 73.4 Å². The van der Waals surface area contributed by atoms with Crippen molar-refractivity contribution in [3.8, 4) is 0 Å². The zero-order valence-corrected chi connectivity index (χ0v) is 20.3. The number of carbonyl (C=O) groups is 2. The Morgan fingerprint density at radius 2 is 1.71 bits per heavy atom. The fourth-order valence-electron chi connectivity index (χ4n) is 4.44. The van der Waals surface area contributed by atoms with Gasteiger partial charge < -0.3 is 15.0 Å². The molecule has 0 spiro atoms. The Morgan fingerprint density at radius 3 is 2.44 bits per heavy atom. The Hall–Kier alpha value is -3.35. The van der Waals surface area contributed by atoms with Crippen LogP contribution in [0.5, 0.6) is 0 Å². The summed E-state index contributed by atoms with van der Waals surface area (Å²) < 4.78 is 0.845. The van der Waals surface area contributed by atoms with Crippen molar-refractivity contribution in [2.75, 3.05) is 6.54 Å². The van der Waals surface area contributed by atoms with Crippen LogP contribution in [0, 0.1) is 0 Å². The maximum Gasteiger partial charge on any atom is 0.295 e. The number of aliphatic hydroxyl groups is 1. The third-order valence-electron chi connectivity index (χ3n) is 6.14. The second kappa shape index (κ2) is 9.12. The van der Waals surface area contributed by atoms with E-state index < -0.39 is 17.7 Å². The van der Waals surface area contributed by atoms with Gasteiger partial charge in [0.15, 0.2) is 0 Å². The summed E-state index contributed by atoms with van der Waals surface area (Å²) in [4.78, 5) is 31.1. The van der Waals surface area contributed by atoms with E-state index in [0.29, 0.717) is 29.1 Å². The number of likely N-dealkylation sites (tertiary alicyclic amines) is 1. The quantitative estimate of drug-likeness (QED) is 0.180. The SMILES string of the molecule is O=C1C(=O)N(CCc2c[nH]c3ccccc23)C(c2ccc(Cl)cc2)/C1=C(\O)c1ccc(Br)cc1. The molecule has 1 atom stereocenters. The Morgan fingerprint density at radius 1 is 1.00 bits per heavy atom. The highest BCUT2D eigenvalue weighted by Crippen LogP contribution is 2.40. The lowest BCUT2D eigenvalue weighted by atomic mass is 9.95. The van der Waals surface area contributed by atoms with Gasteiger partial charge in [-0.2, -0.15) is 0 Å². The van der Waals surface area contributed by atoms with Crippen molar-refractivity contribution >= 4 is 55.9 Å². The molecule has 1 fully saturated rings. The molecular weight excluding hydrogens is 516 g/mol. The van der Waals surface area contributed by atoms with Crippen molar-refractivity contribution < 1.29 is 14.7 Å². The summed E-state index contributed by atoms with van der Waals surface area (Å²) >= 11 is 9.47. The highest BCUT2D eigenvalue weighted by atomic mass is 79.9. The highest BCUT2D eigenvalue weighted by Gasteiger charge is 2.45. The summed E-state index contributed by atoms with van der Waals surface area (Å²) in [5.41, 5.74) is 3.33. The molecule has 1 aliphatic rings. The standard InChI is InChI=1S/C27H20BrClN2O3/c28-19-9-5-17(6-10-19)25(32)23-24(16-7-11-20(29)12-8-16)31(27(34)26(23)33)14-13-18-15-30-22-4-2-1-3-21(18)22/h1-12,15,24,30,32H,13-14H2/b25-23+. The van der Waals surface area contributed by atoms with Crippen molar-refractivity contribution in [3.05, 3.63) is 111 Å². The molecule has 0 radical (unpaired) electrons. The minimum Gasteiger partial charge on any atom is -0.507 e. The third-order valence-corrected chi connectivity index (χ3v) is 6.92. The molecule has 5 rings (SSSR count). The van der Waals surface area contributed by atoms with Crippen molar-refractivity contribution in [1.29, 1.82) is 0 Å². The minimum absolute atomic E-state index is 0.0774. The van der Waals surface area contributed by atoms with Gasteiger partial charge in [0.2, 0.25) is 0 Å². The number of hydrogen-bond acceptors (Lipinski definition) is 3. The van der Waals surface area contributed by atoms with Gasteiger partial charge in [-0.1, -0.05) is 70.0 Å². The number of halogens is 2. The zero-order valence-electron chi connectivity index (χ0n) is 18.0. The second-order valence-electron chi connectivity index (χ2n) is 8.16. The number of ketones is 1. The van der Waals surface area contributed by atoms with E-state index in [-0.39, 0.29) is 11.3 Å². The van der Waals surface area contributed by atoms with E-state index in [1.165, 1.54) is 4.90 Å². The number of aromatic nitrogens is 1. The summed E-state index contributed by atoms with van der Waals surface area (Å²) in [5, 5.41) is 12.8. The van der Waals surface area contributed by atoms with Crippen LogP contribution in [-0.2, 0) is 16.0 Å². The summed E-state index contributed by atoms with van der Waals surface area (Å²) in [7, 11) is 0. The normalized spacial score (nSPS) is 17.6. The first-order valence-electron chi connectivity index (χ1n) is 10.8. The average Bonchev–Trinajstić information content (AvgIpc) is 3.37. The Kier molecular flexibility index (Phi) is 6.02. The lowest BCUT2D eigenvalue weighted by Gasteiger charge is -2.25. The molecule has 3 aromatic carbocycles. The monoisotopic (exact) mass is 534 g/mol. The van der Waals surface area contributed by atoms with Gasteiger partial charge in [-0.15, -0.1) is 0 Å². The number of Topliss-reactive ketones (excluding diaryl/α,β-unsaturated/α-hetero) is 1. The largest absolute Gasteiger partial charge is 0.507 e. The predicted octanol–water partition coefficient (Wildman–Crippen LogP) is 6.25. The number of nitrogens with one attached hydrogen (secondary N) is 1. The number of fused-ring (bicyclic) bond motifs is 1. The van der Waals surface area contributed by atoms with E-state index in [9.17, 15) is 14.7 Å². The number of hydrogen-bond donors (Lipinski definition) is 2. The first kappa shape index (κ1) is 22.4. The van der Waals surface area contributed by atoms with Crippen LogP contribution in [0.15, 0.2) is 89.0 Å². The molecule has 0 aliphatic carbocycles. The number of benzene rings is 3. The maximum atomic E-state index is 13.2. The maximum absolute atomic E-state index is 13.2. The van der Waals surface area contributed by atoms with Crippen LogP contribution in [0.2, 0.25) is 5.02 Å². The molecule has 2 N–H and O–H groups in total. The van der Waals surface area contributed by atoms with Gasteiger partial charge in [-0.3, -0.25) is 9.59 Å². The zero-order chi connectivity index (χ0) is 23.8. The van der Waals surface area contributed by atoms with Crippen molar-refractivity contribution in [2.45, 2.75) is 12.5 Å². The van der Waals surface area contributed by atoms with E-state index in [0.717, 1.165) is 20.9 Å². The van der Waals surface area contributed by atoms with Crippen molar-refractivity contribution in [3.63, 3.8) is 0 Å². The molecule has 1 aliphatic heterocycles. The number of nitrogens with zero attached hydrogens (tertiary/aromatic N) is 1. The van der Waals surface area contributed by atoms with E-state index in [4.69, 9.17) is 11.6 Å². The lowest BCUT2D eigenvalue weighted by molar-refractivity contribution is -0.139. The van der Waals surface area contributed by atoms with Gasteiger partial charge in [0.1, 0.15) is 5.76 Å². The highest BCUT2D eigenvalue weighted by molar-refractivity contribution is 9.10. The third kappa shape index (κ3) is 4.04. The summed E-state index contributed by atoms with van der Waals surface area (Å²) in [6, 6.07) is 21.2. The molecule has 170 valence electrons. The number of amides is 1. The molecule has 0 bridgehead atoms. The van der Waals surface area contributed by atoms with Crippen LogP contribution >= 0.6 is 27.5 Å². The van der Waals surface area contributed by atoms with Crippen LogP contribution < -0.4 is 0 Å². The fourth-order valence-corrected chi connectivity index (χ4v) is 4.84. The number of rotatable bonds is 5. The molecule has 1 unspecified atom stereocenters. The molecule has 0 saturated carbocycles. The Balaban J connectivity index is 1.56. The number of carbonyl (C=O) groups excluding carboxylic acids is 2. The summed E-state index contributed by atoms with van der Waals surface area (Å²) in [6.07, 6.45) is 2.49. The van der Waals surface area contributed by atoms with Crippen LogP contribution in [-0.4, -0.2) is 33.2 Å². The van der Waals surface area contributed by atoms with Crippen LogP contribution in [0.4, 0.5) is 0 Å². The lowest BCUT2D eigenvalue weighted by Crippen LogP contribution is -2.31. The Bertz CT molecular complexity index is 1420. The van der Waals surface area contributed by atoms with Crippen molar-refractivity contribution in [2.24, 2.45) is 0 Å². The van der Waals surface area contributed by atoms with E-state index in [1.54, 1.807) is 48.5 Å². The summed E-state index contributed by atoms with van der Waals surface area (Å²) in [5.74, 6) is -1.52. The minimum atomic E-state index is -0.717. The molecule has 1 aromatic heterocycles. The van der Waals surface area contributed by atoms with E-state index in [1.807, 2.05) is 30.5 Å². The number of para-hydroxylation sites is 1. The van der Waals surface area contributed by atoms with Gasteiger partial charge in [-0.05, 0) is 47.9 Å². The fraction of sp³-hybridized carbons (Fsp3) is 0.111. The van der Waals surface area contributed by atoms with Crippen LogP contribution in [0.3, 0.4) is 0 Å². The molecule has 5 nitrogen and oxygen atoms in total. The van der Waals surface area contributed by atoms with Crippen LogP contribution in [0.25, 0.3) is 16.7 Å². The van der Waals surface area contributed by atoms with Gasteiger partial charge in [0, 0.05) is 38.7 Å². The first-order chi connectivity index (χ1) is 16.4. The molecule has 4 aromatic rings. The number of H-pyrrole nitrogens is 1. The molecule has 7 heteroatoms. The molecule has 34 heavy (non-hydrogen) atoms. The number of aliphatic hydroxyl groups excluding tert-OH is 1. The van der Waals surface area contributed by atoms with Crippen LogP contribution in [0.1, 0.15) is 22.7 Å². The first-order valence-corrected chi connectivity index (χ1v) is 12.0. The van der Waals surface area contributed by atoms with Gasteiger partial charge >= 0.3 is 0 Å². The van der Waals surface area contributed by atoms with E-state index in [2.05, 4.69) is 20.9 Å². The average molecular weight is 536 g/mol.